The molecule has 2 heterocycles. The minimum absolute atomic E-state index is 0. The molecule has 0 aliphatic heterocycles. The average molecular weight is 528 g/mol. The first-order valence-corrected chi connectivity index (χ1v) is 8.99. The third kappa shape index (κ3) is 6.34. The summed E-state index contributed by atoms with van der Waals surface area (Å²) in [7, 11) is 1.83. The maximum Gasteiger partial charge on any atom is 0.191 e. The molecule has 0 aromatic carbocycles. The Labute approximate surface area is 171 Å². The van der Waals surface area contributed by atoms with Crippen LogP contribution in [0.15, 0.2) is 33.3 Å². The van der Waals surface area contributed by atoms with Crippen molar-refractivity contribution >= 4 is 57.2 Å². The summed E-state index contributed by atoms with van der Waals surface area (Å²) in [5.74, 6) is 0.682. The number of nitrogens with zero attached hydrogens (tertiary/aromatic N) is 3. The second kappa shape index (κ2) is 9.73. The summed E-state index contributed by atoms with van der Waals surface area (Å²) >= 11 is 5.12. The Morgan fingerprint density at radius 3 is 2.75 bits per heavy atom. The number of guanidine groups is 1. The van der Waals surface area contributed by atoms with Crippen LogP contribution in [0.25, 0.3) is 0 Å². The second-order valence-corrected chi connectivity index (χ2v) is 7.98. The van der Waals surface area contributed by atoms with Gasteiger partial charge >= 0.3 is 0 Å². The molecule has 0 saturated heterocycles. The van der Waals surface area contributed by atoms with Gasteiger partial charge in [0, 0.05) is 30.2 Å². The number of halogens is 2. The molecule has 1 atom stereocenters. The zero-order chi connectivity index (χ0) is 16.9. The first-order chi connectivity index (χ1) is 10.9. The molecule has 2 aromatic rings. The van der Waals surface area contributed by atoms with Crippen molar-refractivity contribution in [1.29, 1.82) is 0 Å². The lowest BCUT2D eigenvalue weighted by Gasteiger charge is -2.23. The van der Waals surface area contributed by atoms with Gasteiger partial charge in [-0.2, -0.15) is 5.10 Å². The van der Waals surface area contributed by atoms with Crippen LogP contribution >= 0.6 is 51.2 Å². The fourth-order valence-corrected chi connectivity index (χ4v) is 3.40. The van der Waals surface area contributed by atoms with Gasteiger partial charge in [0.1, 0.15) is 5.60 Å². The fourth-order valence-electron chi connectivity index (χ4n) is 1.99. The normalized spacial score (nSPS) is 14.0. The van der Waals surface area contributed by atoms with Crippen LogP contribution in [-0.2, 0) is 19.2 Å². The molecule has 0 fully saturated rings. The topological polar surface area (TPSA) is 74.5 Å². The molecular weight excluding hydrogens is 505 g/mol. The lowest BCUT2D eigenvalue weighted by molar-refractivity contribution is 0.0616. The van der Waals surface area contributed by atoms with Gasteiger partial charge in [-0.15, -0.1) is 35.3 Å². The largest absolute Gasteiger partial charge is 0.383 e. The highest BCUT2D eigenvalue weighted by Crippen LogP contribution is 2.22. The highest BCUT2D eigenvalue weighted by Gasteiger charge is 2.24. The smallest absolute Gasteiger partial charge is 0.191 e. The Morgan fingerprint density at radius 2 is 2.21 bits per heavy atom. The predicted molar refractivity (Wildman–Crippen MR) is 113 cm³/mol. The van der Waals surface area contributed by atoms with Crippen molar-refractivity contribution in [3.05, 3.63) is 38.8 Å². The lowest BCUT2D eigenvalue weighted by atomic mass is 10.00. The van der Waals surface area contributed by atoms with E-state index in [1.165, 1.54) is 4.88 Å². The van der Waals surface area contributed by atoms with E-state index in [1.807, 2.05) is 32.3 Å². The molecule has 0 saturated carbocycles. The molecule has 2 aromatic heterocycles. The third-order valence-electron chi connectivity index (χ3n) is 3.29. The van der Waals surface area contributed by atoms with Crippen molar-refractivity contribution < 1.29 is 5.11 Å². The molecule has 0 amide bonds. The SMILES string of the molecule is CCNC(=NCc1ccc(Br)s1)NCC(C)(O)c1cnn(C)c1.I. The number of aliphatic hydroxyl groups is 1. The van der Waals surface area contributed by atoms with Gasteiger partial charge in [0.25, 0.3) is 0 Å². The molecule has 3 N–H and O–H groups in total. The van der Waals surface area contributed by atoms with Gasteiger partial charge in [0.15, 0.2) is 5.96 Å². The van der Waals surface area contributed by atoms with E-state index in [1.54, 1.807) is 29.1 Å². The molecule has 0 bridgehead atoms. The molecule has 0 aliphatic rings. The highest BCUT2D eigenvalue weighted by atomic mass is 127. The number of thiophene rings is 1. The molecule has 24 heavy (non-hydrogen) atoms. The van der Waals surface area contributed by atoms with Crippen LogP contribution in [0.3, 0.4) is 0 Å². The van der Waals surface area contributed by atoms with Crippen LogP contribution in [0.5, 0.6) is 0 Å². The summed E-state index contributed by atoms with van der Waals surface area (Å²) in [4.78, 5) is 5.73. The Balaban J connectivity index is 0.00000288. The zero-order valence-electron chi connectivity index (χ0n) is 13.9. The first kappa shape index (κ1) is 21.4. The van der Waals surface area contributed by atoms with Gasteiger partial charge in [-0.05, 0) is 41.9 Å². The van der Waals surface area contributed by atoms with Crippen LogP contribution in [0, 0.1) is 0 Å². The monoisotopic (exact) mass is 527 g/mol. The van der Waals surface area contributed by atoms with E-state index < -0.39 is 5.60 Å². The minimum atomic E-state index is -1.02. The quantitative estimate of drug-likeness (QED) is 0.307. The molecule has 6 nitrogen and oxygen atoms in total. The minimum Gasteiger partial charge on any atom is -0.383 e. The number of nitrogens with one attached hydrogen (secondary N) is 2. The van der Waals surface area contributed by atoms with Gasteiger partial charge in [-0.25, -0.2) is 4.99 Å². The van der Waals surface area contributed by atoms with Crippen LogP contribution in [0.4, 0.5) is 0 Å². The summed E-state index contributed by atoms with van der Waals surface area (Å²) in [6.45, 7) is 5.48. The van der Waals surface area contributed by atoms with E-state index in [0.29, 0.717) is 19.0 Å². The summed E-state index contributed by atoms with van der Waals surface area (Å²) in [5.41, 5.74) is -0.248. The van der Waals surface area contributed by atoms with Gasteiger partial charge in [-0.3, -0.25) is 4.68 Å². The van der Waals surface area contributed by atoms with Gasteiger partial charge < -0.3 is 15.7 Å². The summed E-state index contributed by atoms with van der Waals surface area (Å²) in [6.07, 6.45) is 3.49. The molecule has 2 rings (SSSR count). The Hall–Kier alpha value is -0.650. The van der Waals surface area contributed by atoms with E-state index in [2.05, 4.69) is 36.7 Å². The van der Waals surface area contributed by atoms with E-state index >= 15 is 0 Å². The maximum absolute atomic E-state index is 10.6. The van der Waals surface area contributed by atoms with E-state index in [-0.39, 0.29) is 24.0 Å². The Morgan fingerprint density at radius 1 is 1.46 bits per heavy atom. The molecule has 0 spiro atoms. The molecule has 0 aliphatic carbocycles. The van der Waals surface area contributed by atoms with Crippen molar-refractivity contribution in [1.82, 2.24) is 20.4 Å². The van der Waals surface area contributed by atoms with Crippen LogP contribution in [0.1, 0.15) is 24.3 Å². The number of aliphatic imine (C=N–C) groups is 1. The van der Waals surface area contributed by atoms with Crippen molar-refractivity contribution in [3.8, 4) is 0 Å². The van der Waals surface area contributed by atoms with Crippen molar-refractivity contribution in [2.45, 2.75) is 26.0 Å². The van der Waals surface area contributed by atoms with Crippen molar-refractivity contribution in [3.63, 3.8) is 0 Å². The van der Waals surface area contributed by atoms with Crippen LogP contribution in [-0.4, -0.2) is 33.9 Å². The Bertz CT molecular complexity index is 670. The Kier molecular flexibility index (Phi) is 8.68. The summed E-state index contributed by atoms with van der Waals surface area (Å²) in [5, 5.41) is 21.1. The average Bonchev–Trinajstić information content (AvgIpc) is 3.11. The van der Waals surface area contributed by atoms with Crippen molar-refractivity contribution in [2.24, 2.45) is 12.0 Å². The lowest BCUT2D eigenvalue weighted by Crippen LogP contribution is -2.44. The standard InChI is InChI=1S/C15H22BrN5OS.HI/c1-4-17-14(18-8-12-5-6-13(16)23-12)19-10-15(2,22)11-7-20-21(3)9-11;/h5-7,9,22H,4,8,10H2,1-3H3,(H2,17,18,19);1H. The predicted octanol–water partition coefficient (Wildman–Crippen LogP) is 2.82. The number of rotatable bonds is 6. The number of hydrogen-bond donors (Lipinski definition) is 3. The number of aromatic nitrogens is 2. The zero-order valence-corrected chi connectivity index (χ0v) is 18.6. The summed E-state index contributed by atoms with van der Waals surface area (Å²) in [6, 6.07) is 4.07. The highest BCUT2D eigenvalue weighted by molar-refractivity contribution is 14.0. The molecule has 134 valence electrons. The van der Waals surface area contributed by atoms with Gasteiger partial charge in [-0.1, -0.05) is 0 Å². The van der Waals surface area contributed by atoms with Gasteiger partial charge in [0.2, 0.25) is 0 Å². The number of aryl methyl sites for hydroxylation is 1. The number of hydrogen-bond acceptors (Lipinski definition) is 4. The van der Waals surface area contributed by atoms with Crippen LogP contribution in [0.2, 0.25) is 0 Å². The fraction of sp³-hybridized carbons (Fsp3) is 0.467. The van der Waals surface area contributed by atoms with E-state index in [9.17, 15) is 5.11 Å². The third-order valence-corrected chi connectivity index (χ3v) is 4.90. The van der Waals surface area contributed by atoms with Crippen molar-refractivity contribution in [2.75, 3.05) is 13.1 Å². The van der Waals surface area contributed by atoms with E-state index in [4.69, 9.17) is 0 Å². The van der Waals surface area contributed by atoms with E-state index in [0.717, 1.165) is 15.9 Å². The molecule has 0 radical (unpaired) electrons. The van der Waals surface area contributed by atoms with Crippen LogP contribution < -0.4 is 10.6 Å². The molecule has 1 unspecified atom stereocenters. The molecule has 9 heteroatoms. The molecular formula is C15H23BrIN5OS. The summed E-state index contributed by atoms with van der Waals surface area (Å²) < 4.78 is 2.78. The first-order valence-electron chi connectivity index (χ1n) is 7.38. The van der Waals surface area contributed by atoms with Gasteiger partial charge in [0.05, 0.1) is 23.1 Å². The maximum atomic E-state index is 10.6. The second-order valence-electron chi connectivity index (χ2n) is 5.43.